The summed E-state index contributed by atoms with van der Waals surface area (Å²) in [6, 6.07) is 3.95. The molecular weight excluding hydrogens is 286 g/mol. The Hall–Kier alpha value is -1.70. The molecule has 1 aromatic rings. The van der Waals surface area contributed by atoms with Gasteiger partial charge in [-0.3, -0.25) is 14.9 Å². The minimum atomic E-state index is -0.626. The van der Waals surface area contributed by atoms with Crippen molar-refractivity contribution in [2.75, 3.05) is 26.2 Å². The lowest BCUT2D eigenvalue weighted by Crippen LogP contribution is -2.45. The van der Waals surface area contributed by atoms with Crippen molar-refractivity contribution in [1.82, 2.24) is 10.6 Å². The Labute approximate surface area is 120 Å². The van der Waals surface area contributed by atoms with Crippen LogP contribution in [0.1, 0.15) is 10.4 Å². The van der Waals surface area contributed by atoms with Crippen LogP contribution in [0.4, 0.5) is 5.69 Å². The fraction of sp³-hybridized carbons (Fsp3) is 0.417. The summed E-state index contributed by atoms with van der Waals surface area (Å²) in [5.74, 6) is -0.512. The number of carbonyl (C=O) groups excluding carboxylic acids is 1. The fourth-order valence-electron chi connectivity index (χ4n) is 1.90. The molecule has 1 aliphatic rings. The van der Waals surface area contributed by atoms with Gasteiger partial charge >= 0.3 is 0 Å². The number of nitrogens with one attached hydrogen (secondary N) is 2. The third-order valence-electron chi connectivity index (χ3n) is 2.90. The molecule has 1 aliphatic heterocycles. The Morgan fingerprint density at radius 3 is 3.05 bits per heavy atom. The van der Waals surface area contributed by atoms with E-state index >= 15 is 0 Å². The number of carbonyl (C=O) groups is 1. The van der Waals surface area contributed by atoms with Crippen LogP contribution in [-0.4, -0.2) is 43.2 Å². The molecule has 0 aliphatic carbocycles. The molecule has 1 heterocycles. The van der Waals surface area contributed by atoms with Crippen LogP contribution in [0.15, 0.2) is 18.2 Å². The zero-order valence-corrected chi connectivity index (χ0v) is 11.4. The van der Waals surface area contributed by atoms with Gasteiger partial charge in [-0.2, -0.15) is 0 Å². The number of hydrogen-bond donors (Lipinski definition) is 2. The molecule has 7 nitrogen and oxygen atoms in total. The van der Waals surface area contributed by atoms with Crippen LogP contribution in [0.25, 0.3) is 0 Å². The van der Waals surface area contributed by atoms with Gasteiger partial charge in [0.05, 0.1) is 17.6 Å². The van der Waals surface area contributed by atoms with Crippen molar-refractivity contribution in [3.63, 3.8) is 0 Å². The third-order valence-corrected chi connectivity index (χ3v) is 3.13. The van der Waals surface area contributed by atoms with Crippen LogP contribution in [0.5, 0.6) is 0 Å². The number of nitrogens with zero attached hydrogens (tertiary/aromatic N) is 1. The van der Waals surface area contributed by atoms with E-state index in [1.54, 1.807) is 0 Å². The second-order valence-corrected chi connectivity index (χ2v) is 4.76. The maximum absolute atomic E-state index is 12.0. The van der Waals surface area contributed by atoms with E-state index in [9.17, 15) is 14.9 Å². The molecule has 0 saturated carbocycles. The smallest absolute Gasteiger partial charge is 0.283 e. The zero-order valence-electron chi connectivity index (χ0n) is 10.6. The van der Waals surface area contributed by atoms with Gasteiger partial charge in [-0.1, -0.05) is 11.6 Å². The Balaban J connectivity index is 2.03. The minimum Gasteiger partial charge on any atom is -0.374 e. The standard InChI is InChI=1S/C12H14ClN3O4/c13-8-1-2-10(11(5-8)16(18)19)12(17)15-7-9-6-14-3-4-20-9/h1-2,5,9,14H,3-4,6-7H2,(H,15,17). The number of nitro benzene ring substituents is 1. The molecule has 1 aromatic carbocycles. The average molecular weight is 300 g/mol. The van der Waals surface area contributed by atoms with E-state index in [0.29, 0.717) is 19.7 Å². The molecule has 20 heavy (non-hydrogen) atoms. The summed E-state index contributed by atoms with van der Waals surface area (Å²) in [4.78, 5) is 22.3. The minimum absolute atomic E-state index is 0.0110. The first-order valence-corrected chi connectivity index (χ1v) is 6.50. The molecule has 0 radical (unpaired) electrons. The van der Waals surface area contributed by atoms with Gasteiger partial charge in [0.2, 0.25) is 0 Å². The second kappa shape index (κ2) is 6.65. The maximum Gasteiger partial charge on any atom is 0.283 e. The summed E-state index contributed by atoms with van der Waals surface area (Å²) >= 11 is 5.70. The van der Waals surface area contributed by atoms with Crippen LogP contribution in [0.2, 0.25) is 5.02 Å². The highest BCUT2D eigenvalue weighted by Gasteiger charge is 2.22. The van der Waals surface area contributed by atoms with E-state index in [2.05, 4.69) is 10.6 Å². The van der Waals surface area contributed by atoms with Crippen molar-refractivity contribution in [2.24, 2.45) is 0 Å². The summed E-state index contributed by atoms with van der Waals surface area (Å²) in [6.45, 7) is 2.31. The Morgan fingerprint density at radius 1 is 1.60 bits per heavy atom. The fourth-order valence-corrected chi connectivity index (χ4v) is 2.07. The quantitative estimate of drug-likeness (QED) is 0.638. The maximum atomic E-state index is 12.0. The lowest BCUT2D eigenvalue weighted by molar-refractivity contribution is -0.385. The molecule has 0 bridgehead atoms. The van der Waals surface area contributed by atoms with Gasteiger partial charge in [0, 0.05) is 30.7 Å². The van der Waals surface area contributed by atoms with Crippen molar-refractivity contribution in [1.29, 1.82) is 0 Å². The molecule has 1 saturated heterocycles. The summed E-state index contributed by atoms with van der Waals surface area (Å²) in [7, 11) is 0. The normalized spacial score (nSPS) is 18.6. The van der Waals surface area contributed by atoms with E-state index in [0.717, 1.165) is 12.6 Å². The number of ether oxygens (including phenoxy) is 1. The highest BCUT2D eigenvalue weighted by atomic mass is 35.5. The van der Waals surface area contributed by atoms with Gasteiger partial charge in [0.15, 0.2) is 0 Å². The lowest BCUT2D eigenvalue weighted by atomic mass is 10.1. The number of amides is 1. The van der Waals surface area contributed by atoms with Crippen molar-refractivity contribution in [3.05, 3.63) is 38.9 Å². The number of halogens is 1. The highest BCUT2D eigenvalue weighted by Crippen LogP contribution is 2.23. The first kappa shape index (κ1) is 14.7. The summed E-state index contributed by atoms with van der Waals surface area (Å²) < 4.78 is 5.43. The van der Waals surface area contributed by atoms with Gasteiger partial charge < -0.3 is 15.4 Å². The van der Waals surface area contributed by atoms with Crippen molar-refractivity contribution in [3.8, 4) is 0 Å². The van der Waals surface area contributed by atoms with Crippen LogP contribution in [0, 0.1) is 10.1 Å². The van der Waals surface area contributed by atoms with Gasteiger partial charge in [-0.25, -0.2) is 0 Å². The van der Waals surface area contributed by atoms with Crippen LogP contribution in [0.3, 0.4) is 0 Å². The Kier molecular flexibility index (Phi) is 4.89. The van der Waals surface area contributed by atoms with Crippen LogP contribution in [-0.2, 0) is 4.74 Å². The topological polar surface area (TPSA) is 93.5 Å². The third kappa shape index (κ3) is 3.66. The average Bonchev–Trinajstić information content (AvgIpc) is 2.45. The molecule has 1 fully saturated rings. The van der Waals surface area contributed by atoms with Gasteiger partial charge in [-0.15, -0.1) is 0 Å². The largest absolute Gasteiger partial charge is 0.374 e. The Bertz CT molecular complexity index is 517. The summed E-state index contributed by atoms with van der Waals surface area (Å²) in [6.07, 6.45) is -0.126. The predicted molar refractivity (Wildman–Crippen MR) is 73.0 cm³/mol. The number of benzene rings is 1. The van der Waals surface area contributed by atoms with Crippen molar-refractivity contribution >= 4 is 23.2 Å². The first-order valence-electron chi connectivity index (χ1n) is 6.12. The number of nitro groups is 1. The molecular formula is C12H14ClN3O4. The van der Waals surface area contributed by atoms with Crippen LogP contribution < -0.4 is 10.6 Å². The van der Waals surface area contributed by atoms with Crippen LogP contribution >= 0.6 is 11.6 Å². The monoisotopic (exact) mass is 299 g/mol. The number of hydrogen-bond acceptors (Lipinski definition) is 5. The molecule has 1 unspecified atom stereocenters. The second-order valence-electron chi connectivity index (χ2n) is 4.33. The molecule has 2 N–H and O–H groups in total. The van der Waals surface area contributed by atoms with E-state index in [1.807, 2.05) is 0 Å². The highest BCUT2D eigenvalue weighted by molar-refractivity contribution is 6.31. The van der Waals surface area contributed by atoms with E-state index in [4.69, 9.17) is 16.3 Å². The molecule has 0 aromatic heterocycles. The van der Waals surface area contributed by atoms with Gasteiger partial charge in [-0.05, 0) is 12.1 Å². The molecule has 8 heteroatoms. The predicted octanol–water partition coefficient (Wildman–Crippen LogP) is 0.966. The zero-order chi connectivity index (χ0) is 14.5. The van der Waals surface area contributed by atoms with Crippen molar-refractivity contribution in [2.45, 2.75) is 6.10 Å². The SMILES string of the molecule is O=C(NCC1CNCCO1)c1ccc(Cl)cc1[N+](=O)[O-]. The van der Waals surface area contributed by atoms with E-state index < -0.39 is 10.8 Å². The number of morpholine rings is 1. The summed E-state index contributed by atoms with van der Waals surface area (Å²) in [5.41, 5.74) is -0.319. The van der Waals surface area contributed by atoms with Crippen molar-refractivity contribution < 1.29 is 14.5 Å². The lowest BCUT2D eigenvalue weighted by Gasteiger charge is -2.23. The molecule has 108 valence electrons. The Morgan fingerprint density at radius 2 is 2.40 bits per heavy atom. The van der Waals surface area contributed by atoms with E-state index in [1.165, 1.54) is 12.1 Å². The summed E-state index contributed by atoms with van der Waals surface area (Å²) in [5, 5.41) is 16.9. The molecule has 1 atom stereocenters. The first-order chi connectivity index (χ1) is 9.58. The number of rotatable bonds is 4. The van der Waals surface area contributed by atoms with Gasteiger partial charge in [0.25, 0.3) is 11.6 Å². The molecule has 0 spiro atoms. The van der Waals surface area contributed by atoms with E-state index in [-0.39, 0.29) is 22.4 Å². The van der Waals surface area contributed by atoms with Gasteiger partial charge in [0.1, 0.15) is 5.56 Å². The molecule has 1 amide bonds. The molecule has 2 rings (SSSR count).